The number of para-hydroxylation sites is 1. The van der Waals surface area contributed by atoms with Gasteiger partial charge in [0, 0.05) is 19.5 Å². The van der Waals surface area contributed by atoms with Crippen LogP contribution in [0, 0.1) is 0 Å². The number of carbonyl (C=O) groups is 1. The number of nitrogens with zero attached hydrogens (tertiary/aromatic N) is 2. The Morgan fingerprint density at radius 3 is 2.81 bits per heavy atom. The number of aryl methyl sites for hydroxylation is 1. The Morgan fingerprint density at radius 2 is 2.10 bits per heavy atom. The van der Waals surface area contributed by atoms with Crippen LogP contribution in [-0.2, 0) is 11.2 Å². The summed E-state index contributed by atoms with van der Waals surface area (Å²) < 4.78 is 1.25. The Morgan fingerprint density at radius 1 is 1.33 bits per heavy atom. The highest BCUT2D eigenvalue weighted by molar-refractivity contribution is 7.18. The summed E-state index contributed by atoms with van der Waals surface area (Å²) in [4.78, 5) is 18.5. The van der Waals surface area contributed by atoms with E-state index < -0.39 is 0 Å². The monoisotopic (exact) mass is 304 g/mol. The lowest BCUT2D eigenvalue weighted by atomic mass is 10.1. The molecule has 4 heteroatoms. The van der Waals surface area contributed by atoms with Crippen LogP contribution in [0.1, 0.15) is 44.5 Å². The predicted octanol–water partition coefficient (Wildman–Crippen LogP) is 4.27. The third kappa shape index (κ3) is 4.27. The van der Waals surface area contributed by atoms with E-state index in [1.54, 1.807) is 11.3 Å². The van der Waals surface area contributed by atoms with Gasteiger partial charge < -0.3 is 4.90 Å². The van der Waals surface area contributed by atoms with Crippen LogP contribution in [0.15, 0.2) is 24.3 Å². The standard InChI is InChI=1S/C17H24N2OS/c1-4-13(2)19(3)17(20)12-8-7-11-16-18-14-9-5-6-10-15(14)21-16/h5-6,9-10,13H,4,7-8,11-12H2,1-3H3. The zero-order valence-corrected chi connectivity index (χ0v) is 13.9. The third-order valence-electron chi connectivity index (χ3n) is 4.01. The third-order valence-corrected chi connectivity index (χ3v) is 5.11. The maximum atomic E-state index is 12.0. The summed E-state index contributed by atoms with van der Waals surface area (Å²) in [7, 11) is 1.91. The van der Waals surface area contributed by atoms with Crippen LogP contribution in [0.3, 0.4) is 0 Å². The van der Waals surface area contributed by atoms with Gasteiger partial charge in [0.25, 0.3) is 0 Å². The van der Waals surface area contributed by atoms with Crippen molar-refractivity contribution in [3.8, 4) is 0 Å². The Labute approximate surface area is 131 Å². The Kier molecular flexibility index (Phi) is 5.74. The summed E-state index contributed by atoms with van der Waals surface area (Å²) in [6.45, 7) is 4.21. The number of thiazole rings is 1. The van der Waals surface area contributed by atoms with Gasteiger partial charge in [0.1, 0.15) is 0 Å². The highest BCUT2D eigenvalue weighted by atomic mass is 32.1. The van der Waals surface area contributed by atoms with Crippen molar-refractivity contribution in [3.05, 3.63) is 29.3 Å². The lowest BCUT2D eigenvalue weighted by Crippen LogP contribution is -2.34. The average Bonchev–Trinajstić information content (AvgIpc) is 2.92. The molecule has 0 N–H and O–H groups in total. The van der Waals surface area contributed by atoms with Crippen molar-refractivity contribution in [3.63, 3.8) is 0 Å². The first-order chi connectivity index (χ1) is 10.1. The summed E-state index contributed by atoms with van der Waals surface area (Å²) in [5, 5.41) is 1.18. The summed E-state index contributed by atoms with van der Waals surface area (Å²) in [5.74, 6) is 0.258. The van der Waals surface area contributed by atoms with Crippen molar-refractivity contribution >= 4 is 27.5 Å². The van der Waals surface area contributed by atoms with E-state index in [2.05, 4.69) is 31.0 Å². The van der Waals surface area contributed by atoms with E-state index >= 15 is 0 Å². The first kappa shape index (κ1) is 16.0. The number of aromatic nitrogens is 1. The minimum Gasteiger partial charge on any atom is -0.343 e. The van der Waals surface area contributed by atoms with Gasteiger partial charge in [-0.3, -0.25) is 4.79 Å². The fourth-order valence-corrected chi connectivity index (χ4v) is 3.28. The molecule has 1 atom stereocenters. The number of hydrogen-bond donors (Lipinski definition) is 0. The summed E-state index contributed by atoms with van der Waals surface area (Å²) in [6, 6.07) is 8.58. The van der Waals surface area contributed by atoms with Crippen molar-refractivity contribution in [1.29, 1.82) is 0 Å². The highest BCUT2D eigenvalue weighted by Gasteiger charge is 2.13. The van der Waals surface area contributed by atoms with E-state index in [0.717, 1.165) is 31.2 Å². The molecule has 0 aliphatic carbocycles. The van der Waals surface area contributed by atoms with Crippen LogP contribution < -0.4 is 0 Å². The highest BCUT2D eigenvalue weighted by Crippen LogP contribution is 2.22. The first-order valence-corrected chi connectivity index (χ1v) is 8.53. The van der Waals surface area contributed by atoms with Crippen LogP contribution in [0.5, 0.6) is 0 Å². The maximum Gasteiger partial charge on any atom is 0.222 e. The molecule has 1 aromatic carbocycles. The van der Waals surface area contributed by atoms with Gasteiger partial charge in [0.05, 0.1) is 15.2 Å². The molecule has 114 valence electrons. The van der Waals surface area contributed by atoms with Crippen LogP contribution in [0.4, 0.5) is 0 Å². The van der Waals surface area contributed by atoms with Gasteiger partial charge in [-0.05, 0) is 44.7 Å². The van der Waals surface area contributed by atoms with E-state index in [1.807, 2.05) is 24.1 Å². The molecule has 2 rings (SSSR count). The number of rotatable bonds is 7. The van der Waals surface area contributed by atoms with Gasteiger partial charge in [-0.2, -0.15) is 0 Å². The maximum absolute atomic E-state index is 12.0. The van der Waals surface area contributed by atoms with E-state index in [-0.39, 0.29) is 5.91 Å². The number of fused-ring (bicyclic) bond motifs is 1. The number of benzene rings is 1. The van der Waals surface area contributed by atoms with Crippen molar-refractivity contribution in [1.82, 2.24) is 9.88 Å². The van der Waals surface area contributed by atoms with Crippen LogP contribution in [0.2, 0.25) is 0 Å². The van der Waals surface area contributed by atoms with Crippen molar-refractivity contribution in [2.24, 2.45) is 0 Å². The smallest absolute Gasteiger partial charge is 0.222 e. The van der Waals surface area contributed by atoms with Crippen LogP contribution in [-0.4, -0.2) is 28.9 Å². The molecule has 0 spiro atoms. The Bertz CT molecular complexity index is 560. The number of unbranched alkanes of at least 4 members (excludes halogenated alkanes) is 1. The minimum atomic E-state index is 0.258. The average molecular weight is 304 g/mol. The molecule has 0 saturated heterocycles. The zero-order chi connectivity index (χ0) is 15.2. The number of amides is 1. The fraction of sp³-hybridized carbons (Fsp3) is 0.529. The molecule has 1 aromatic heterocycles. The van der Waals surface area contributed by atoms with Gasteiger partial charge >= 0.3 is 0 Å². The molecule has 0 radical (unpaired) electrons. The molecule has 0 fully saturated rings. The molecule has 21 heavy (non-hydrogen) atoms. The van der Waals surface area contributed by atoms with E-state index in [1.165, 1.54) is 9.71 Å². The largest absolute Gasteiger partial charge is 0.343 e. The van der Waals surface area contributed by atoms with Crippen molar-refractivity contribution in [2.75, 3.05) is 7.05 Å². The van der Waals surface area contributed by atoms with E-state index in [4.69, 9.17) is 0 Å². The van der Waals surface area contributed by atoms with Gasteiger partial charge in [0.2, 0.25) is 5.91 Å². The quantitative estimate of drug-likeness (QED) is 0.716. The molecular formula is C17H24N2OS. The molecule has 1 amide bonds. The SMILES string of the molecule is CCC(C)N(C)C(=O)CCCCc1nc2ccccc2s1. The van der Waals surface area contributed by atoms with Crippen molar-refractivity contribution in [2.45, 2.75) is 52.0 Å². The molecule has 1 heterocycles. The number of hydrogen-bond acceptors (Lipinski definition) is 3. The summed E-state index contributed by atoms with van der Waals surface area (Å²) in [5.41, 5.74) is 1.09. The first-order valence-electron chi connectivity index (χ1n) is 7.72. The second-order valence-electron chi connectivity index (χ2n) is 5.54. The molecule has 2 aromatic rings. The molecule has 0 aliphatic heterocycles. The number of carbonyl (C=O) groups excluding carboxylic acids is 1. The van der Waals surface area contributed by atoms with Gasteiger partial charge in [-0.25, -0.2) is 4.98 Å². The van der Waals surface area contributed by atoms with E-state index in [9.17, 15) is 4.79 Å². The second kappa shape index (κ2) is 7.55. The summed E-state index contributed by atoms with van der Waals surface area (Å²) >= 11 is 1.76. The molecule has 1 unspecified atom stereocenters. The normalized spacial score (nSPS) is 12.5. The molecule has 3 nitrogen and oxygen atoms in total. The van der Waals surface area contributed by atoms with Gasteiger partial charge in [0.15, 0.2) is 0 Å². The molecule has 0 bridgehead atoms. The van der Waals surface area contributed by atoms with Crippen molar-refractivity contribution < 1.29 is 4.79 Å². The van der Waals surface area contributed by atoms with E-state index in [0.29, 0.717) is 12.5 Å². The van der Waals surface area contributed by atoms with Crippen LogP contribution in [0.25, 0.3) is 10.2 Å². The molecule has 0 aliphatic rings. The minimum absolute atomic E-state index is 0.258. The predicted molar refractivity (Wildman–Crippen MR) is 89.7 cm³/mol. The topological polar surface area (TPSA) is 33.2 Å². The van der Waals surface area contributed by atoms with Gasteiger partial charge in [-0.15, -0.1) is 11.3 Å². The molecule has 0 saturated carbocycles. The lowest BCUT2D eigenvalue weighted by Gasteiger charge is -2.23. The second-order valence-corrected chi connectivity index (χ2v) is 6.66. The zero-order valence-electron chi connectivity index (χ0n) is 13.1. The molecular weight excluding hydrogens is 280 g/mol. The van der Waals surface area contributed by atoms with Gasteiger partial charge in [-0.1, -0.05) is 19.1 Å². The Hall–Kier alpha value is -1.42. The summed E-state index contributed by atoms with van der Waals surface area (Å²) in [6.07, 6.45) is 4.59. The Balaban J connectivity index is 1.75. The fourth-order valence-electron chi connectivity index (χ4n) is 2.28. The van der Waals surface area contributed by atoms with Crippen LogP contribution >= 0.6 is 11.3 Å². The lowest BCUT2D eigenvalue weighted by molar-refractivity contribution is -0.131.